The number of hydrogen-bond acceptors (Lipinski definition) is 2. The smallest absolute Gasteiger partial charge is 0.263 e. The number of benzene rings is 2. The molecule has 102 valence electrons. The molecule has 0 fully saturated rings. The van der Waals surface area contributed by atoms with E-state index in [0.717, 1.165) is 10.0 Å². The van der Waals surface area contributed by atoms with E-state index in [-0.39, 0.29) is 5.56 Å². The minimum atomic E-state index is -2.47. The molecule has 0 radical (unpaired) electrons. The van der Waals surface area contributed by atoms with Gasteiger partial charge in [-0.15, -0.1) is 0 Å². The third-order valence-corrected chi connectivity index (χ3v) is 3.28. The van der Waals surface area contributed by atoms with Gasteiger partial charge in [0.25, 0.3) is 6.43 Å². The van der Waals surface area contributed by atoms with Crippen molar-refractivity contribution in [1.82, 2.24) is 0 Å². The second kappa shape index (κ2) is 6.49. The predicted octanol–water partition coefficient (Wildman–Crippen LogP) is 4.87. The van der Waals surface area contributed by atoms with E-state index in [1.807, 2.05) is 6.07 Å². The van der Waals surface area contributed by atoms with E-state index in [2.05, 4.69) is 27.3 Å². The molecule has 2 nitrogen and oxygen atoms in total. The Morgan fingerprint density at radius 1 is 1.20 bits per heavy atom. The normalized spacial score (nSPS) is 10.3. The lowest BCUT2D eigenvalue weighted by Gasteiger charge is -2.09. The summed E-state index contributed by atoms with van der Waals surface area (Å²) in [6, 6.07) is 13.6. The van der Waals surface area contributed by atoms with E-state index in [9.17, 15) is 8.78 Å². The highest BCUT2D eigenvalue weighted by Gasteiger charge is 2.07. The molecule has 0 amide bonds. The Balaban J connectivity index is 2.13. The average Bonchev–Trinajstić information content (AvgIpc) is 2.46. The fourth-order valence-electron chi connectivity index (χ4n) is 1.80. The van der Waals surface area contributed by atoms with Gasteiger partial charge >= 0.3 is 0 Å². The van der Waals surface area contributed by atoms with Crippen molar-refractivity contribution in [2.75, 3.05) is 5.32 Å². The molecule has 0 unspecified atom stereocenters. The van der Waals surface area contributed by atoms with E-state index in [1.54, 1.807) is 24.3 Å². The summed E-state index contributed by atoms with van der Waals surface area (Å²) in [4.78, 5) is 0. The summed E-state index contributed by atoms with van der Waals surface area (Å²) >= 11 is 3.30. The molecule has 0 aliphatic heterocycles. The molecule has 2 aromatic rings. The Kier molecular flexibility index (Phi) is 4.70. The van der Waals surface area contributed by atoms with Crippen LogP contribution in [-0.2, 0) is 6.54 Å². The molecule has 0 saturated heterocycles. The van der Waals surface area contributed by atoms with Crippen molar-refractivity contribution in [1.29, 1.82) is 5.26 Å². The lowest BCUT2D eigenvalue weighted by molar-refractivity contribution is 0.151. The number of rotatable bonds is 4. The third kappa shape index (κ3) is 3.55. The number of alkyl halides is 2. The minimum Gasteiger partial charge on any atom is -0.380 e. The summed E-state index contributed by atoms with van der Waals surface area (Å²) in [6.07, 6.45) is -2.47. The second-order valence-corrected chi connectivity index (χ2v) is 5.12. The maximum absolute atomic E-state index is 12.6. The predicted molar refractivity (Wildman–Crippen MR) is 77.6 cm³/mol. The van der Waals surface area contributed by atoms with Gasteiger partial charge in [0.05, 0.1) is 11.3 Å². The molecule has 0 heterocycles. The van der Waals surface area contributed by atoms with E-state index in [1.165, 1.54) is 12.1 Å². The van der Waals surface area contributed by atoms with E-state index in [0.29, 0.717) is 17.8 Å². The number of hydrogen-bond donors (Lipinski definition) is 1. The zero-order chi connectivity index (χ0) is 14.5. The van der Waals surface area contributed by atoms with Gasteiger partial charge in [-0.05, 0) is 29.8 Å². The monoisotopic (exact) mass is 336 g/mol. The van der Waals surface area contributed by atoms with Crippen molar-refractivity contribution in [3.63, 3.8) is 0 Å². The quantitative estimate of drug-likeness (QED) is 0.864. The summed E-state index contributed by atoms with van der Waals surface area (Å²) in [7, 11) is 0. The van der Waals surface area contributed by atoms with Crippen molar-refractivity contribution < 1.29 is 8.78 Å². The van der Waals surface area contributed by atoms with Crippen LogP contribution in [0.4, 0.5) is 14.5 Å². The number of nitriles is 1. The highest BCUT2D eigenvalue weighted by Crippen LogP contribution is 2.22. The van der Waals surface area contributed by atoms with Crippen LogP contribution in [0.5, 0.6) is 0 Å². The first-order valence-electron chi connectivity index (χ1n) is 5.90. The molecule has 0 saturated carbocycles. The van der Waals surface area contributed by atoms with Gasteiger partial charge in [0.1, 0.15) is 6.07 Å². The SMILES string of the molecule is N#Cc1cc(Br)ccc1NCc1cccc(C(F)F)c1. The molecule has 20 heavy (non-hydrogen) atoms. The van der Waals surface area contributed by atoms with Gasteiger partial charge in [0.15, 0.2) is 0 Å². The van der Waals surface area contributed by atoms with Crippen molar-refractivity contribution in [3.05, 3.63) is 63.6 Å². The first kappa shape index (κ1) is 14.5. The Bertz CT molecular complexity index is 651. The van der Waals surface area contributed by atoms with Gasteiger partial charge in [-0.1, -0.05) is 34.1 Å². The molecule has 2 rings (SSSR count). The van der Waals surface area contributed by atoms with Gasteiger partial charge in [-0.25, -0.2) is 8.78 Å². The highest BCUT2D eigenvalue weighted by molar-refractivity contribution is 9.10. The Hall–Kier alpha value is -1.93. The number of halogens is 3. The number of nitrogens with zero attached hydrogens (tertiary/aromatic N) is 1. The lowest BCUT2D eigenvalue weighted by Crippen LogP contribution is -2.02. The molecule has 2 aromatic carbocycles. The summed E-state index contributed by atoms with van der Waals surface area (Å²) < 4.78 is 26.0. The molecule has 5 heteroatoms. The molecule has 1 N–H and O–H groups in total. The van der Waals surface area contributed by atoms with Crippen LogP contribution < -0.4 is 5.32 Å². The molecule has 0 atom stereocenters. The zero-order valence-corrected chi connectivity index (χ0v) is 12.0. The first-order chi connectivity index (χ1) is 9.60. The molecule has 0 bridgehead atoms. The maximum atomic E-state index is 12.6. The van der Waals surface area contributed by atoms with Crippen LogP contribution in [0.3, 0.4) is 0 Å². The van der Waals surface area contributed by atoms with Gasteiger partial charge in [0, 0.05) is 16.6 Å². The fraction of sp³-hybridized carbons (Fsp3) is 0.133. The van der Waals surface area contributed by atoms with Crippen LogP contribution in [-0.4, -0.2) is 0 Å². The van der Waals surface area contributed by atoms with Crippen molar-refractivity contribution in [2.45, 2.75) is 13.0 Å². The van der Waals surface area contributed by atoms with E-state index >= 15 is 0 Å². The molecule has 0 aromatic heterocycles. The Labute approximate surface area is 124 Å². The number of anilines is 1. The lowest BCUT2D eigenvalue weighted by atomic mass is 10.1. The van der Waals surface area contributed by atoms with Gasteiger partial charge in [-0.2, -0.15) is 5.26 Å². The topological polar surface area (TPSA) is 35.8 Å². The first-order valence-corrected chi connectivity index (χ1v) is 6.70. The highest BCUT2D eigenvalue weighted by atomic mass is 79.9. The summed E-state index contributed by atoms with van der Waals surface area (Å²) in [5.74, 6) is 0. The summed E-state index contributed by atoms with van der Waals surface area (Å²) in [5, 5.41) is 12.1. The average molecular weight is 337 g/mol. The van der Waals surface area contributed by atoms with Crippen LogP contribution in [0.2, 0.25) is 0 Å². The Morgan fingerprint density at radius 3 is 2.70 bits per heavy atom. The zero-order valence-electron chi connectivity index (χ0n) is 10.4. The van der Waals surface area contributed by atoms with E-state index < -0.39 is 6.43 Å². The maximum Gasteiger partial charge on any atom is 0.263 e. The minimum absolute atomic E-state index is 0.000567. The summed E-state index contributed by atoms with van der Waals surface area (Å²) in [5.41, 5.74) is 1.93. The summed E-state index contributed by atoms with van der Waals surface area (Å²) in [6.45, 7) is 0.386. The van der Waals surface area contributed by atoms with Crippen molar-refractivity contribution >= 4 is 21.6 Å². The fourth-order valence-corrected chi connectivity index (χ4v) is 2.16. The molecule has 0 aliphatic carbocycles. The van der Waals surface area contributed by atoms with Crippen LogP contribution in [0, 0.1) is 11.3 Å². The molecular formula is C15H11BrF2N2. The second-order valence-electron chi connectivity index (χ2n) is 4.20. The van der Waals surface area contributed by atoms with Gasteiger partial charge in [0.2, 0.25) is 0 Å². The Morgan fingerprint density at radius 2 is 2.00 bits per heavy atom. The third-order valence-electron chi connectivity index (χ3n) is 2.79. The number of nitrogens with one attached hydrogen (secondary N) is 1. The van der Waals surface area contributed by atoms with Crippen LogP contribution in [0.15, 0.2) is 46.9 Å². The van der Waals surface area contributed by atoms with Gasteiger partial charge in [-0.3, -0.25) is 0 Å². The van der Waals surface area contributed by atoms with Crippen molar-refractivity contribution in [2.24, 2.45) is 0 Å². The molecule has 0 spiro atoms. The molecule has 0 aliphatic rings. The van der Waals surface area contributed by atoms with Crippen LogP contribution >= 0.6 is 15.9 Å². The largest absolute Gasteiger partial charge is 0.380 e. The van der Waals surface area contributed by atoms with Crippen molar-refractivity contribution in [3.8, 4) is 6.07 Å². The standard InChI is InChI=1S/C15H11BrF2N2/c16-13-4-5-14(12(7-13)8-19)20-9-10-2-1-3-11(6-10)15(17)18/h1-7,15,20H,9H2. The van der Waals surface area contributed by atoms with Crippen LogP contribution in [0.25, 0.3) is 0 Å². The van der Waals surface area contributed by atoms with E-state index in [4.69, 9.17) is 5.26 Å². The molecular weight excluding hydrogens is 326 g/mol. The van der Waals surface area contributed by atoms with Crippen LogP contribution in [0.1, 0.15) is 23.1 Å². The van der Waals surface area contributed by atoms with Gasteiger partial charge < -0.3 is 5.32 Å².